The maximum absolute atomic E-state index is 13.9. The third kappa shape index (κ3) is 2.30. The molecule has 0 radical (unpaired) electrons. The van der Waals surface area contributed by atoms with Crippen molar-refractivity contribution in [3.63, 3.8) is 0 Å². The van der Waals surface area contributed by atoms with Crippen molar-refractivity contribution in [1.82, 2.24) is 0 Å². The molecule has 0 saturated carbocycles. The van der Waals surface area contributed by atoms with E-state index < -0.39 is 33.9 Å². The zero-order chi connectivity index (χ0) is 26.7. The molecule has 0 heterocycles. The Bertz CT molecular complexity index is 2180. The summed E-state index contributed by atoms with van der Waals surface area (Å²) in [5, 5.41) is 68.4. The number of benzene rings is 8. The number of aromatic hydroxyl groups is 6. The summed E-state index contributed by atoms with van der Waals surface area (Å²) in [5.41, 5.74) is -0.112. The Labute approximate surface area is 228 Å². The van der Waals surface area contributed by atoms with Crippen LogP contribution in [0.15, 0.2) is 33.9 Å². The van der Waals surface area contributed by atoms with Crippen LogP contribution in [0.5, 0.6) is 34.5 Å². The van der Waals surface area contributed by atoms with Gasteiger partial charge in [0.05, 0.1) is 21.5 Å². The van der Waals surface area contributed by atoms with Crippen molar-refractivity contribution in [2.75, 3.05) is 0 Å². The van der Waals surface area contributed by atoms with Crippen molar-refractivity contribution < 1.29 is 30.6 Å². The predicted octanol–water partition coefficient (Wildman–Crippen LogP) is 4.43. The zero-order valence-electron chi connectivity index (χ0n) is 19.8. The first-order valence-electron chi connectivity index (χ1n) is 11.8. The fraction of sp³-hybridized carbons (Fsp3) is 0.0667. The van der Waals surface area contributed by atoms with E-state index in [1.807, 2.05) is 0 Å². The second-order valence-corrected chi connectivity index (χ2v) is 10.2. The molecule has 0 fully saturated rings. The van der Waals surface area contributed by atoms with Crippen LogP contribution in [0.25, 0.3) is 75.4 Å². The van der Waals surface area contributed by atoms with Crippen LogP contribution in [0.3, 0.4) is 0 Å². The molecule has 8 aromatic rings. The minimum absolute atomic E-state index is 0. The van der Waals surface area contributed by atoms with Gasteiger partial charge < -0.3 is 30.6 Å². The molecule has 0 bridgehead atoms. The molecule has 0 saturated heterocycles. The van der Waals surface area contributed by atoms with Crippen molar-refractivity contribution >= 4 is 94.3 Å². The van der Waals surface area contributed by atoms with Gasteiger partial charge in [0.1, 0.15) is 34.5 Å². The normalized spacial score (nSPS) is 12.5. The van der Waals surface area contributed by atoms with Gasteiger partial charge in [-0.2, -0.15) is 0 Å². The van der Waals surface area contributed by atoms with E-state index in [2.05, 4.69) is 0 Å². The average Bonchev–Trinajstić information content (AvgIpc) is 2.82. The molecule has 186 valence electrons. The standard InChI is InChI=1S/C30H16O8.Li.H/c1-7-3-9(31)19-23-15(7)16-8(2)4-10(32)20-24(16)28-26-18(12(34)6-14(36)22(26)30(20)38)17-11(33)5-13(35)21(29(19)37)25(17)27(23)28;;/h3-6,31-36H,1-2H3;;. The van der Waals surface area contributed by atoms with E-state index >= 15 is 0 Å². The van der Waals surface area contributed by atoms with Crippen LogP contribution in [0.4, 0.5) is 0 Å². The molecular weight excluding hydrogens is 495 g/mol. The summed E-state index contributed by atoms with van der Waals surface area (Å²) >= 11 is 0. The Morgan fingerprint density at radius 3 is 0.923 bits per heavy atom. The van der Waals surface area contributed by atoms with Gasteiger partial charge in [-0.25, -0.2) is 0 Å². The van der Waals surface area contributed by atoms with Crippen LogP contribution in [-0.2, 0) is 0 Å². The van der Waals surface area contributed by atoms with E-state index in [1.54, 1.807) is 13.8 Å². The van der Waals surface area contributed by atoms with E-state index in [4.69, 9.17) is 0 Å². The average molecular weight is 512 g/mol. The molecule has 6 N–H and O–H groups in total. The summed E-state index contributed by atoms with van der Waals surface area (Å²) in [6.07, 6.45) is 0. The van der Waals surface area contributed by atoms with Gasteiger partial charge >= 0.3 is 18.9 Å². The summed E-state index contributed by atoms with van der Waals surface area (Å²) in [6.45, 7) is 3.51. The van der Waals surface area contributed by atoms with E-state index in [0.29, 0.717) is 43.4 Å². The van der Waals surface area contributed by atoms with Crippen LogP contribution in [0.2, 0.25) is 0 Å². The summed E-state index contributed by atoms with van der Waals surface area (Å²) in [7, 11) is 0. The molecule has 0 atom stereocenters. The molecule has 0 spiro atoms. The molecule has 9 heteroatoms. The summed E-state index contributed by atoms with van der Waals surface area (Å²) in [4.78, 5) is 27.8. The van der Waals surface area contributed by atoms with Crippen LogP contribution < -0.4 is 10.9 Å². The van der Waals surface area contributed by atoms with Gasteiger partial charge in [-0.15, -0.1) is 0 Å². The molecule has 0 aliphatic heterocycles. The monoisotopic (exact) mass is 512 g/mol. The second-order valence-electron chi connectivity index (χ2n) is 10.2. The van der Waals surface area contributed by atoms with Crippen LogP contribution in [0.1, 0.15) is 11.1 Å². The fourth-order valence-electron chi connectivity index (χ4n) is 6.98. The third-order valence-corrected chi connectivity index (χ3v) is 8.24. The second kappa shape index (κ2) is 6.86. The molecule has 0 aliphatic carbocycles. The number of aryl methyl sites for hydroxylation is 2. The Balaban J connectivity index is 0.00000253. The van der Waals surface area contributed by atoms with E-state index in [0.717, 1.165) is 12.1 Å². The van der Waals surface area contributed by atoms with Crippen molar-refractivity contribution in [2.45, 2.75) is 13.8 Å². The summed E-state index contributed by atoms with van der Waals surface area (Å²) in [5.74, 6) is -2.51. The van der Waals surface area contributed by atoms with E-state index in [-0.39, 0.29) is 73.4 Å². The predicted molar refractivity (Wildman–Crippen MR) is 153 cm³/mol. The van der Waals surface area contributed by atoms with Gasteiger partial charge in [-0.1, -0.05) is 0 Å². The van der Waals surface area contributed by atoms with E-state index in [9.17, 15) is 40.2 Å². The van der Waals surface area contributed by atoms with Gasteiger partial charge in [0.15, 0.2) is 0 Å². The quantitative estimate of drug-likeness (QED) is 0.0990. The molecule has 0 unspecified atom stereocenters. The van der Waals surface area contributed by atoms with Crippen molar-refractivity contribution in [2.24, 2.45) is 0 Å². The molecule has 8 aromatic carbocycles. The van der Waals surface area contributed by atoms with Crippen LogP contribution in [0, 0.1) is 13.8 Å². The number of hydrogen-bond donors (Lipinski definition) is 6. The van der Waals surface area contributed by atoms with Gasteiger partial charge in [0.25, 0.3) is 0 Å². The Kier molecular flexibility index (Phi) is 4.13. The summed E-state index contributed by atoms with van der Waals surface area (Å²) in [6, 6.07) is 4.86. The number of phenols is 6. The van der Waals surface area contributed by atoms with Gasteiger partial charge in [0.2, 0.25) is 10.9 Å². The van der Waals surface area contributed by atoms with Crippen LogP contribution >= 0.6 is 0 Å². The molecule has 8 rings (SSSR count). The molecule has 8 nitrogen and oxygen atoms in total. The van der Waals surface area contributed by atoms with Crippen molar-refractivity contribution in [3.05, 3.63) is 55.8 Å². The first kappa shape index (κ1) is 23.5. The Morgan fingerprint density at radius 2 is 0.590 bits per heavy atom. The van der Waals surface area contributed by atoms with Crippen molar-refractivity contribution in [3.8, 4) is 34.5 Å². The molecular formula is C30H17LiO8. The molecule has 0 aliphatic rings. The van der Waals surface area contributed by atoms with E-state index in [1.165, 1.54) is 12.1 Å². The van der Waals surface area contributed by atoms with Gasteiger partial charge in [0, 0.05) is 55.2 Å². The first-order valence-corrected chi connectivity index (χ1v) is 11.8. The number of hydrogen-bond acceptors (Lipinski definition) is 8. The SMILES string of the molecule is Cc1cc(O)c2c(=O)c3c(O)cc(O)c4c5c(O)cc(O)c6c(=O)c7c(O)cc(C)c8c1c2c(c34)c(c78)c65.[LiH]. The molecule has 0 aromatic heterocycles. The fourth-order valence-corrected chi connectivity index (χ4v) is 6.98. The number of phenolic OH excluding ortho intramolecular Hbond substituents is 6. The Morgan fingerprint density at radius 1 is 0.359 bits per heavy atom. The number of rotatable bonds is 0. The zero-order valence-corrected chi connectivity index (χ0v) is 19.8. The topological polar surface area (TPSA) is 156 Å². The number of fused-ring (bicyclic) bond motifs is 2. The third-order valence-electron chi connectivity index (χ3n) is 8.24. The van der Waals surface area contributed by atoms with Gasteiger partial charge in [-0.05, 0) is 47.9 Å². The Hall–Kier alpha value is -4.64. The molecule has 39 heavy (non-hydrogen) atoms. The summed E-state index contributed by atoms with van der Waals surface area (Å²) < 4.78 is 0. The van der Waals surface area contributed by atoms with Crippen molar-refractivity contribution in [1.29, 1.82) is 0 Å². The first-order chi connectivity index (χ1) is 18.0. The minimum atomic E-state index is -0.661. The maximum atomic E-state index is 13.9. The van der Waals surface area contributed by atoms with Crippen LogP contribution in [-0.4, -0.2) is 49.5 Å². The van der Waals surface area contributed by atoms with Gasteiger partial charge in [-0.3, -0.25) is 9.59 Å². The molecule has 0 amide bonds.